The Morgan fingerprint density at radius 1 is 1.14 bits per heavy atom. The van der Waals surface area contributed by atoms with Gasteiger partial charge in [-0.3, -0.25) is 4.98 Å². The summed E-state index contributed by atoms with van der Waals surface area (Å²) in [5.41, 5.74) is 1.67. The first kappa shape index (κ1) is 15.0. The number of carbonyl (C=O) groups is 1. The van der Waals surface area contributed by atoms with Crippen LogP contribution >= 0.6 is 0 Å². The van der Waals surface area contributed by atoms with E-state index in [2.05, 4.69) is 4.98 Å². The predicted molar refractivity (Wildman–Crippen MR) is 80.5 cm³/mol. The van der Waals surface area contributed by atoms with Gasteiger partial charge < -0.3 is 9.47 Å². The summed E-state index contributed by atoms with van der Waals surface area (Å²) in [6.45, 7) is 2.80. The number of aromatic nitrogens is 1. The van der Waals surface area contributed by atoms with Crippen molar-refractivity contribution in [3.8, 4) is 5.75 Å². The zero-order valence-corrected chi connectivity index (χ0v) is 12.1. The Balaban J connectivity index is 1.82. The van der Waals surface area contributed by atoms with Crippen LogP contribution in [-0.2, 0) is 11.2 Å². The van der Waals surface area contributed by atoms with Gasteiger partial charge in [-0.15, -0.1) is 0 Å². The first-order chi connectivity index (χ1) is 10.3. The lowest BCUT2D eigenvalue weighted by Crippen LogP contribution is -2.09. The van der Waals surface area contributed by atoms with Gasteiger partial charge in [0.25, 0.3) is 0 Å². The summed E-state index contributed by atoms with van der Waals surface area (Å²) in [5.74, 6) is 0.230. The van der Waals surface area contributed by atoms with Crippen LogP contribution in [0.2, 0.25) is 0 Å². The first-order valence-corrected chi connectivity index (χ1v) is 7.09. The van der Waals surface area contributed by atoms with Gasteiger partial charge in [0.2, 0.25) is 0 Å². The van der Waals surface area contributed by atoms with E-state index in [1.54, 1.807) is 30.6 Å². The number of esters is 1. The minimum atomic E-state index is -0.339. The Hall–Kier alpha value is -2.36. The van der Waals surface area contributed by atoms with Crippen molar-refractivity contribution in [2.24, 2.45) is 0 Å². The molecule has 0 radical (unpaired) electrons. The fourth-order valence-electron chi connectivity index (χ4n) is 1.99. The third kappa shape index (κ3) is 4.60. The molecule has 0 aliphatic rings. The summed E-state index contributed by atoms with van der Waals surface area (Å²) in [4.78, 5) is 16.0. The van der Waals surface area contributed by atoms with E-state index in [4.69, 9.17) is 9.47 Å². The summed E-state index contributed by atoms with van der Waals surface area (Å²) in [5, 5.41) is 0. The molecular weight excluding hydrogens is 266 g/mol. The molecule has 0 unspecified atom stereocenters. The molecule has 0 fully saturated rings. The molecular formula is C17H19NO3. The molecule has 0 aliphatic heterocycles. The van der Waals surface area contributed by atoms with E-state index < -0.39 is 0 Å². The van der Waals surface area contributed by atoms with Crippen molar-refractivity contribution < 1.29 is 14.3 Å². The van der Waals surface area contributed by atoms with Crippen LogP contribution < -0.4 is 4.74 Å². The topological polar surface area (TPSA) is 48.4 Å². The van der Waals surface area contributed by atoms with Gasteiger partial charge in [-0.2, -0.15) is 0 Å². The normalized spacial score (nSPS) is 10.1. The number of benzene rings is 1. The maximum Gasteiger partial charge on any atom is 0.341 e. The van der Waals surface area contributed by atoms with Crippen molar-refractivity contribution >= 4 is 5.97 Å². The van der Waals surface area contributed by atoms with Crippen LogP contribution in [-0.4, -0.2) is 24.2 Å². The monoisotopic (exact) mass is 285 g/mol. The highest BCUT2D eigenvalue weighted by Gasteiger charge is 2.12. The number of hydrogen-bond acceptors (Lipinski definition) is 4. The lowest BCUT2D eigenvalue weighted by molar-refractivity contribution is 0.0496. The number of pyridine rings is 1. The Labute approximate surface area is 124 Å². The van der Waals surface area contributed by atoms with E-state index in [0.29, 0.717) is 24.5 Å². The third-order valence-electron chi connectivity index (χ3n) is 3.00. The molecule has 0 N–H and O–H groups in total. The van der Waals surface area contributed by atoms with Crippen LogP contribution in [0.1, 0.15) is 29.3 Å². The minimum absolute atomic E-state index is 0.339. The second kappa shape index (κ2) is 8.04. The molecule has 0 saturated heterocycles. The standard InChI is InChI=1S/C17H19NO3/c1-2-20-16-8-4-3-7-15(16)17(19)21-13-5-6-14-9-11-18-12-10-14/h3-4,7-12H,2,5-6,13H2,1H3. The van der Waals surface area contributed by atoms with Crippen LogP contribution in [0.4, 0.5) is 0 Å². The number of nitrogens with zero attached hydrogens (tertiary/aromatic N) is 1. The number of carbonyl (C=O) groups excluding carboxylic acids is 1. The van der Waals surface area contributed by atoms with E-state index in [9.17, 15) is 4.79 Å². The molecule has 0 aliphatic carbocycles. The molecule has 0 saturated carbocycles. The smallest absolute Gasteiger partial charge is 0.341 e. The van der Waals surface area contributed by atoms with Crippen LogP contribution in [0.25, 0.3) is 0 Å². The molecule has 0 bridgehead atoms. The largest absolute Gasteiger partial charge is 0.493 e. The molecule has 2 aromatic rings. The fraction of sp³-hybridized carbons (Fsp3) is 0.294. The molecule has 4 heteroatoms. The lowest BCUT2D eigenvalue weighted by Gasteiger charge is -2.09. The van der Waals surface area contributed by atoms with Gasteiger partial charge >= 0.3 is 5.97 Å². The van der Waals surface area contributed by atoms with Crippen molar-refractivity contribution in [1.82, 2.24) is 4.98 Å². The molecule has 110 valence electrons. The second-order valence-electron chi connectivity index (χ2n) is 4.52. The number of aryl methyl sites for hydroxylation is 1. The predicted octanol–water partition coefficient (Wildman–Crippen LogP) is 3.27. The van der Waals surface area contributed by atoms with E-state index in [1.807, 2.05) is 25.1 Å². The van der Waals surface area contributed by atoms with Crippen LogP contribution in [0.3, 0.4) is 0 Å². The first-order valence-electron chi connectivity index (χ1n) is 7.09. The van der Waals surface area contributed by atoms with Crippen molar-refractivity contribution in [2.45, 2.75) is 19.8 Å². The summed E-state index contributed by atoms with van der Waals surface area (Å²) < 4.78 is 10.7. The van der Waals surface area contributed by atoms with Gasteiger partial charge in [-0.25, -0.2) is 4.79 Å². The van der Waals surface area contributed by atoms with E-state index in [1.165, 1.54) is 5.56 Å². The Morgan fingerprint density at radius 2 is 1.90 bits per heavy atom. The minimum Gasteiger partial charge on any atom is -0.493 e. The van der Waals surface area contributed by atoms with Gasteiger partial charge in [0.1, 0.15) is 11.3 Å². The SMILES string of the molecule is CCOc1ccccc1C(=O)OCCCc1ccncc1. The number of para-hydroxylation sites is 1. The lowest BCUT2D eigenvalue weighted by atomic mass is 10.1. The third-order valence-corrected chi connectivity index (χ3v) is 3.00. The molecule has 0 atom stereocenters. The van der Waals surface area contributed by atoms with Crippen LogP contribution in [0, 0.1) is 0 Å². The molecule has 2 rings (SSSR count). The number of hydrogen-bond donors (Lipinski definition) is 0. The van der Waals surface area contributed by atoms with Crippen LogP contribution in [0.5, 0.6) is 5.75 Å². The maximum atomic E-state index is 12.0. The number of ether oxygens (including phenoxy) is 2. The maximum absolute atomic E-state index is 12.0. The van der Waals surface area contributed by atoms with Crippen molar-refractivity contribution in [3.05, 3.63) is 59.9 Å². The van der Waals surface area contributed by atoms with E-state index >= 15 is 0 Å². The highest BCUT2D eigenvalue weighted by Crippen LogP contribution is 2.19. The Bertz CT molecular complexity index is 569. The molecule has 0 amide bonds. The highest BCUT2D eigenvalue weighted by molar-refractivity contribution is 5.92. The zero-order chi connectivity index (χ0) is 14.9. The Kier molecular flexibility index (Phi) is 5.76. The zero-order valence-electron chi connectivity index (χ0n) is 12.1. The quantitative estimate of drug-likeness (QED) is 0.578. The van der Waals surface area contributed by atoms with Gasteiger partial charge in [0, 0.05) is 12.4 Å². The summed E-state index contributed by atoms with van der Waals surface area (Å²) in [6.07, 6.45) is 5.18. The molecule has 1 aromatic heterocycles. The highest BCUT2D eigenvalue weighted by atomic mass is 16.5. The Morgan fingerprint density at radius 3 is 2.67 bits per heavy atom. The van der Waals surface area contributed by atoms with Crippen molar-refractivity contribution in [3.63, 3.8) is 0 Å². The second-order valence-corrected chi connectivity index (χ2v) is 4.52. The van der Waals surface area contributed by atoms with Gasteiger partial charge in [0.05, 0.1) is 13.2 Å². The summed E-state index contributed by atoms with van der Waals surface area (Å²) in [7, 11) is 0. The van der Waals surface area contributed by atoms with Crippen molar-refractivity contribution in [2.75, 3.05) is 13.2 Å². The fourth-order valence-corrected chi connectivity index (χ4v) is 1.99. The average molecular weight is 285 g/mol. The van der Waals surface area contributed by atoms with Crippen molar-refractivity contribution in [1.29, 1.82) is 0 Å². The molecule has 0 spiro atoms. The van der Waals surface area contributed by atoms with E-state index in [0.717, 1.165) is 12.8 Å². The van der Waals surface area contributed by atoms with Gasteiger partial charge in [0.15, 0.2) is 0 Å². The van der Waals surface area contributed by atoms with E-state index in [-0.39, 0.29) is 5.97 Å². The molecule has 21 heavy (non-hydrogen) atoms. The average Bonchev–Trinajstić information content (AvgIpc) is 2.53. The molecule has 4 nitrogen and oxygen atoms in total. The molecule has 1 aromatic carbocycles. The number of rotatable bonds is 7. The van der Waals surface area contributed by atoms with Gasteiger partial charge in [-0.05, 0) is 49.6 Å². The summed E-state index contributed by atoms with van der Waals surface area (Å²) >= 11 is 0. The summed E-state index contributed by atoms with van der Waals surface area (Å²) in [6, 6.07) is 11.1. The molecule has 1 heterocycles. The van der Waals surface area contributed by atoms with Crippen LogP contribution in [0.15, 0.2) is 48.8 Å². The van der Waals surface area contributed by atoms with Gasteiger partial charge in [-0.1, -0.05) is 12.1 Å².